The number of hydrogen-bond acceptors (Lipinski definition) is 2. The molecule has 1 heterocycles. The predicted octanol–water partition coefficient (Wildman–Crippen LogP) is 7.71. The highest BCUT2D eigenvalue weighted by atomic mass is 15.2. The Bertz CT molecular complexity index is 1120. The second kappa shape index (κ2) is 10.2. The van der Waals surface area contributed by atoms with Crippen LogP contribution in [0.1, 0.15) is 51.3 Å². The molecule has 0 spiro atoms. The summed E-state index contributed by atoms with van der Waals surface area (Å²) in [5.41, 5.74) is 7.56. The average Bonchev–Trinajstić information content (AvgIpc) is 2.98. The summed E-state index contributed by atoms with van der Waals surface area (Å²) >= 11 is 0. The molecule has 3 rings (SSSR count). The van der Waals surface area contributed by atoms with Gasteiger partial charge in [-0.2, -0.15) is 0 Å². The van der Waals surface area contributed by atoms with E-state index in [2.05, 4.69) is 145 Å². The van der Waals surface area contributed by atoms with Gasteiger partial charge in [0.2, 0.25) is 0 Å². The molecule has 2 nitrogen and oxygen atoms in total. The molecule has 1 aliphatic rings. The molecule has 0 saturated heterocycles. The second-order valence-corrected chi connectivity index (χ2v) is 9.68. The molecule has 0 atom stereocenters. The molecule has 0 unspecified atom stereocenters. The molecular formula is C31H38N2. The molecular weight excluding hydrogens is 400 g/mol. The molecule has 172 valence electrons. The van der Waals surface area contributed by atoms with Gasteiger partial charge in [-0.15, -0.1) is 0 Å². The molecule has 0 aliphatic carbocycles. The normalized spacial score (nSPS) is 17.7. The van der Waals surface area contributed by atoms with Gasteiger partial charge in [0.25, 0.3) is 0 Å². The number of nitrogens with zero attached hydrogens (tertiary/aromatic N) is 2. The Morgan fingerprint density at radius 1 is 0.939 bits per heavy atom. The second-order valence-electron chi connectivity index (χ2n) is 9.68. The lowest BCUT2D eigenvalue weighted by Crippen LogP contribution is -2.28. The Labute approximate surface area is 200 Å². The Balaban J connectivity index is 1.71. The van der Waals surface area contributed by atoms with Crippen LogP contribution < -0.4 is 4.90 Å². The highest BCUT2D eigenvalue weighted by molar-refractivity contribution is 6.03. The van der Waals surface area contributed by atoms with Crippen LogP contribution in [-0.4, -0.2) is 19.3 Å². The van der Waals surface area contributed by atoms with Gasteiger partial charge in [-0.05, 0) is 48.8 Å². The van der Waals surface area contributed by atoms with Gasteiger partial charge in [0, 0.05) is 41.5 Å². The highest BCUT2D eigenvalue weighted by Gasteiger charge is 2.37. The standard InChI is InChI=1S/C31H38N2/c1-8-32-28(30(3,4)25-19-15-14-18-24(25)2)22-12-10-9-11-13-23-29-31(5,6)26-20-16-17-21-27(26)33(29)7/h9-23H,8H2,1-7H3/b10-9+,13-11+,22-12+,29-23-,32-28+. The topological polar surface area (TPSA) is 15.6 Å². The average molecular weight is 439 g/mol. The lowest BCUT2D eigenvalue weighted by molar-refractivity contribution is 0.640. The third kappa shape index (κ3) is 5.11. The summed E-state index contributed by atoms with van der Waals surface area (Å²) in [6.45, 7) is 14.1. The SMILES string of the molecule is CC\N=C(/C=C/C=C/C=C/C=C1\N(C)c2ccccc2C1(C)C)C(C)(C)c1ccccc1C. The molecule has 2 heteroatoms. The molecule has 2 aromatic carbocycles. The minimum atomic E-state index is -0.139. The van der Waals surface area contributed by atoms with Crippen molar-refractivity contribution < 1.29 is 0 Å². The molecule has 33 heavy (non-hydrogen) atoms. The third-order valence-corrected chi connectivity index (χ3v) is 6.68. The molecule has 0 aromatic heterocycles. The largest absolute Gasteiger partial charge is 0.347 e. The van der Waals surface area contributed by atoms with Crippen LogP contribution in [0.4, 0.5) is 5.69 Å². The molecule has 0 N–H and O–H groups in total. The van der Waals surface area contributed by atoms with E-state index in [4.69, 9.17) is 4.99 Å². The van der Waals surface area contributed by atoms with Crippen molar-refractivity contribution >= 4 is 11.4 Å². The molecule has 0 bridgehead atoms. The summed E-state index contributed by atoms with van der Waals surface area (Å²) in [4.78, 5) is 7.10. The van der Waals surface area contributed by atoms with E-state index < -0.39 is 0 Å². The smallest absolute Gasteiger partial charge is 0.0448 e. The van der Waals surface area contributed by atoms with Crippen molar-refractivity contribution in [1.82, 2.24) is 0 Å². The van der Waals surface area contributed by atoms with Gasteiger partial charge in [0.1, 0.15) is 0 Å². The summed E-state index contributed by atoms with van der Waals surface area (Å²) < 4.78 is 0. The van der Waals surface area contributed by atoms with Crippen molar-refractivity contribution in [2.75, 3.05) is 18.5 Å². The maximum Gasteiger partial charge on any atom is 0.0448 e. The van der Waals surface area contributed by atoms with Crippen molar-refractivity contribution in [1.29, 1.82) is 0 Å². The van der Waals surface area contributed by atoms with Crippen LogP contribution in [0.3, 0.4) is 0 Å². The number of likely N-dealkylation sites (N-methyl/N-ethyl adjacent to an activating group) is 1. The summed E-state index contributed by atoms with van der Waals surface area (Å²) in [6, 6.07) is 17.2. The van der Waals surface area contributed by atoms with Gasteiger partial charge in [0.05, 0.1) is 0 Å². The highest BCUT2D eigenvalue weighted by Crippen LogP contribution is 2.46. The summed E-state index contributed by atoms with van der Waals surface area (Å²) in [7, 11) is 2.15. The van der Waals surface area contributed by atoms with E-state index in [0.717, 1.165) is 12.3 Å². The van der Waals surface area contributed by atoms with Crippen molar-refractivity contribution in [3.05, 3.63) is 113 Å². The number of para-hydroxylation sites is 1. The number of benzene rings is 2. The maximum absolute atomic E-state index is 4.81. The molecule has 0 amide bonds. The van der Waals surface area contributed by atoms with E-state index in [0.29, 0.717) is 0 Å². The van der Waals surface area contributed by atoms with E-state index in [1.54, 1.807) is 0 Å². The predicted molar refractivity (Wildman–Crippen MR) is 146 cm³/mol. The Hall–Kier alpha value is -3.13. The molecule has 1 aliphatic heterocycles. The van der Waals surface area contributed by atoms with E-state index >= 15 is 0 Å². The first kappa shape index (κ1) is 24.5. The fourth-order valence-corrected chi connectivity index (χ4v) is 4.83. The first-order valence-electron chi connectivity index (χ1n) is 11.9. The molecule has 0 fully saturated rings. The number of anilines is 1. The van der Waals surface area contributed by atoms with E-state index in [1.165, 1.54) is 28.1 Å². The minimum Gasteiger partial charge on any atom is -0.347 e. The Kier molecular flexibility index (Phi) is 7.58. The fraction of sp³-hybridized carbons (Fsp3) is 0.323. The first-order chi connectivity index (χ1) is 15.7. The van der Waals surface area contributed by atoms with Crippen LogP contribution in [0.15, 0.2) is 102 Å². The fourth-order valence-electron chi connectivity index (χ4n) is 4.83. The van der Waals surface area contributed by atoms with Crippen molar-refractivity contribution in [2.24, 2.45) is 4.99 Å². The number of hydrogen-bond donors (Lipinski definition) is 0. The van der Waals surface area contributed by atoms with Gasteiger partial charge < -0.3 is 4.90 Å². The monoisotopic (exact) mass is 438 g/mol. The van der Waals surface area contributed by atoms with Gasteiger partial charge in [-0.3, -0.25) is 4.99 Å². The third-order valence-electron chi connectivity index (χ3n) is 6.68. The van der Waals surface area contributed by atoms with Crippen LogP contribution >= 0.6 is 0 Å². The minimum absolute atomic E-state index is 0.00592. The first-order valence-corrected chi connectivity index (χ1v) is 11.9. The van der Waals surface area contributed by atoms with Crippen LogP contribution in [0, 0.1) is 6.92 Å². The summed E-state index contributed by atoms with van der Waals surface area (Å²) in [6.07, 6.45) is 14.8. The number of rotatable bonds is 7. The van der Waals surface area contributed by atoms with Gasteiger partial charge in [0.15, 0.2) is 0 Å². The van der Waals surface area contributed by atoms with E-state index in [-0.39, 0.29) is 10.8 Å². The zero-order valence-corrected chi connectivity index (χ0v) is 21.3. The van der Waals surface area contributed by atoms with Crippen molar-refractivity contribution in [3.8, 4) is 0 Å². The number of allylic oxidation sites excluding steroid dienone is 8. The zero-order valence-electron chi connectivity index (χ0n) is 21.3. The van der Waals surface area contributed by atoms with Crippen molar-refractivity contribution in [2.45, 2.75) is 52.4 Å². The van der Waals surface area contributed by atoms with E-state index in [9.17, 15) is 0 Å². The Morgan fingerprint density at radius 2 is 1.58 bits per heavy atom. The maximum atomic E-state index is 4.81. The zero-order chi connectivity index (χ0) is 24.1. The van der Waals surface area contributed by atoms with Gasteiger partial charge >= 0.3 is 0 Å². The molecule has 0 radical (unpaired) electrons. The van der Waals surface area contributed by atoms with Gasteiger partial charge in [-0.1, -0.05) is 101 Å². The number of aliphatic imine (C=N–C) groups is 1. The van der Waals surface area contributed by atoms with Crippen LogP contribution in [-0.2, 0) is 10.8 Å². The van der Waals surface area contributed by atoms with Crippen LogP contribution in [0.5, 0.6) is 0 Å². The number of fused-ring (bicyclic) bond motifs is 1. The van der Waals surface area contributed by atoms with Gasteiger partial charge in [-0.25, -0.2) is 0 Å². The lowest BCUT2D eigenvalue weighted by atomic mass is 9.77. The quantitative estimate of drug-likeness (QED) is 0.319. The lowest BCUT2D eigenvalue weighted by Gasteiger charge is -2.27. The number of aryl methyl sites for hydroxylation is 1. The Morgan fingerprint density at radius 3 is 2.27 bits per heavy atom. The van der Waals surface area contributed by atoms with Crippen LogP contribution in [0.25, 0.3) is 0 Å². The van der Waals surface area contributed by atoms with E-state index in [1.807, 2.05) is 0 Å². The summed E-state index contributed by atoms with van der Waals surface area (Å²) in [5, 5.41) is 0. The van der Waals surface area contributed by atoms with Crippen LogP contribution in [0.2, 0.25) is 0 Å². The molecule has 0 saturated carbocycles. The molecule has 2 aromatic rings. The van der Waals surface area contributed by atoms with Crippen molar-refractivity contribution in [3.63, 3.8) is 0 Å². The summed E-state index contributed by atoms with van der Waals surface area (Å²) in [5.74, 6) is 0.